The predicted molar refractivity (Wildman–Crippen MR) is 66.9 cm³/mol. The minimum Gasteiger partial charge on any atom is -0.327 e. The molecule has 0 aliphatic carbocycles. The van der Waals surface area contributed by atoms with E-state index in [0.29, 0.717) is 11.5 Å². The van der Waals surface area contributed by atoms with Crippen LogP contribution in [0.2, 0.25) is 0 Å². The van der Waals surface area contributed by atoms with Gasteiger partial charge in [0.2, 0.25) is 0 Å². The summed E-state index contributed by atoms with van der Waals surface area (Å²) in [4.78, 5) is 2.54. The largest absolute Gasteiger partial charge is 0.327 e. The maximum Gasteiger partial charge on any atom is 0.0139 e. The highest BCUT2D eigenvalue weighted by Gasteiger charge is 2.26. The first kappa shape index (κ1) is 13.0. The second kappa shape index (κ2) is 5.31. The fourth-order valence-corrected chi connectivity index (χ4v) is 2.61. The van der Waals surface area contributed by atoms with Gasteiger partial charge in [-0.05, 0) is 50.6 Å². The molecular formula is C13H28N2. The average Bonchev–Trinajstić information content (AvgIpc) is 2.27. The van der Waals surface area contributed by atoms with Gasteiger partial charge in [0.25, 0.3) is 0 Å². The van der Waals surface area contributed by atoms with Gasteiger partial charge in [-0.25, -0.2) is 0 Å². The third-order valence-electron chi connectivity index (χ3n) is 3.59. The van der Waals surface area contributed by atoms with E-state index < -0.39 is 0 Å². The molecule has 0 spiro atoms. The van der Waals surface area contributed by atoms with Crippen LogP contribution in [-0.4, -0.2) is 30.6 Å². The molecule has 0 radical (unpaired) electrons. The number of hydrogen-bond acceptors (Lipinski definition) is 2. The van der Waals surface area contributed by atoms with Crippen molar-refractivity contribution >= 4 is 0 Å². The lowest BCUT2D eigenvalue weighted by atomic mass is 9.77. The van der Waals surface area contributed by atoms with Crippen molar-refractivity contribution < 1.29 is 0 Å². The summed E-state index contributed by atoms with van der Waals surface area (Å²) in [6.45, 7) is 12.8. The van der Waals surface area contributed by atoms with E-state index in [1.54, 1.807) is 0 Å². The van der Waals surface area contributed by atoms with E-state index in [9.17, 15) is 0 Å². The Morgan fingerprint density at radius 3 is 2.47 bits per heavy atom. The molecule has 1 aliphatic rings. The molecule has 15 heavy (non-hydrogen) atoms. The molecular weight excluding hydrogens is 184 g/mol. The van der Waals surface area contributed by atoms with Gasteiger partial charge in [0.1, 0.15) is 0 Å². The second-order valence-corrected chi connectivity index (χ2v) is 6.27. The maximum absolute atomic E-state index is 5.85. The van der Waals surface area contributed by atoms with Crippen LogP contribution in [-0.2, 0) is 0 Å². The van der Waals surface area contributed by atoms with E-state index >= 15 is 0 Å². The highest BCUT2D eigenvalue weighted by atomic mass is 15.1. The molecule has 0 aromatic heterocycles. The zero-order valence-corrected chi connectivity index (χ0v) is 10.9. The van der Waals surface area contributed by atoms with Gasteiger partial charge in [-0.2, -0.15) is 0 Å². The van der Waals surface area contributed by atoms with Gasteiger partial charge in [-0.1, -0.05) is 20.8 Å². The molecule has 1 aliphatic heterocycles. The first-order valence-corrected chi connectivity index (χ1v) is 6.37. The van der Waals surface area contributed by atoms with Gasteiger partial charge in [-0.3, -0.25) is 0 Å². The standard InChI is InChI=1S/C13H28N2/c1-11(14)10-15-8-5-6-12(7-9-15)13(2,3)4/h11-12H,5-10,14H2,1-4H3/t11-,12?/m0/s1. The van der Waals surface area contributed by atoms with Crippen LogP contribution in [0.4, 0.5) is 0 Å². The fraction of sp³-hybridized carbons (Fsp3) is 1.00. The van der Waals surface area contributed by atoms with Gasteiger partial charge < -0.3 is 10.6 Å². The Kier molecular flexibility index (Phi) is 4.60. The van der Waals surface area contributed by atoms with E-state index in [1.165, 1.54) is 32.4 Å². The molecule has 1 saturated heterocycles. The van der Waals surface area contributed by atoms with Crippen molar-refractivity contribution in [3.8, 4) is 0 Å². The molecule has 0 amide bonds. The van der Waals surface area contributed by atoms with E-state index in [2.05, 4.69) is 32.6 Å². The molecule has 2 atom stereocenters. The summed E-state index contributed by atoms with van der Waals surface area (Å²) < 4.78 is 0. The molecule has 1 heterocycles. The molecule has 2 heteroatoms. The first-order chi connectivity index (χ1) is 6.89. The zero-order valence-electron chi connectivity index (χ0n) is 10.9. The maximum atomic E-state index is 5.85. The lowest BCUT2D eigenvalue weighted by molar-refractivity contribution is 0.206. The van der Waals surface area contributed by atoms with E-state index in [1.807, 2.05) is 0 Å². The molecule has 90 valence electrons. The van der Waals surface area contributed by atoms with Crippen LogP contribution in [0, 0.1) is 11.3 Å². The number of nitrogens with two attached hydrogens (primary N) is 1. The van der Waals surface area contributed by atoms with Crippen molar-refractivity contribution in [1.29, 1.82) is 0 Å². The fourth-order valence-electron chi connectivity index (χ4n) is 2.61. The first-order valence-electron chi connectivity index (χ1n) is 6.37. The number of likely N-dealkylation sites (tertiary alicyclic amines) is 1. The van der Waals surface area contributed by atoms with Crippen LogP contribution in [0.1, 0.15) is 47.0 Å². The van der Waals surface area contributed by atoms with Crippen LogP contribution in [0.15, 0.2) is 0 Å². The van der Waals surface area contributed by atoms with Gasteiger partial charge >= 0.3 is 0 Å². The van der Waals surface area contributed by atoms with Crippen molar-refractivity contribution in [3.05, 3.63) is 0 Å². The average molecular weight is 212 g/mol. The van der Waals surface area contributed by atoms with E-state index in [-0.39, 0.29) is 0 Å². The van der Waals surface area contributed by atoms with E-state index in [0.717, 1.165) is 12.5 Å². The van der Waals surface area contributed by atoms with Gasteiger partial charge in [0.15, 0.2) is 0 Å². The highest BCUT2D eigenvalue weighted by molar-refractivity contribution is 4.79. The van der Waals surface area contributed by atoms with Crippen LogP contribution in [0.5, 0.6) is 0 Å². The SMILES string of the molecule is C[C@H](N)CN1CCCC(C(C)(C)C)CC1. The van der Waals surface area contributed by atoms with Crippen LogP contribution in [0.3, 0.4) is 0 Å². The number of hydrogen-bond donors (Lipinski definition) is 1. The molecule has 1 rings (SSSR count). The summed E-state index contributed by atoms with van der Waals surface area (Å²) in [6.07, 6.45) is 4.07. The minimum atomic E-state index is 0.316. The molecule has 0 saturated carbocycles. The zero-order chi connectivity index (χ0) is 11.5. The summed E-state index contributed by atoms with van der Waals surface area (Å²) in [6, 6.07) is 0.316. The Hall–Kier alpha value is -0.0800. The van der Waals surface area contributed by atoms with Gasteiger partial charge in [0.05, 0.1) is 0 Å². The van der Waals surface area contributed by atoms with Crippen LogP contribution in [0.25, 0.3) is 0 Å². The number of nitrogens with zero attached hydrogens (tertiary/aromatic N) is 1. The topological polar surface area (TPSA) is 29.3 Å². The molecule has 0 aromatic rings. The van der Waals surface area contributed by atoms with Crippen molar-refractivity contribution in [1.82, 2.24) is 4.90 Å². The summed E-state index contributed by atoms with van der Waals surface area (Å²) in [5.74, 6) is 0.885. The molecule has 2 nitrogen and oxygen atoms in total. The molecule has 1 unspecified atom stereocenters. The Morgan fingerprint density at radius 1 is 1.27 bits per heavy atom. The van der Waals surface area contributed by atoms with Gasteiger partial charge in [-0.15, -0.1) is 0 Å². The predicted octanol–water partition coefficient (Wildman–Crippen LogP) is 2.48. The minimum absolute atomic E-state index is 0.316. The normalized spacial score (nSPS) is 27.4. The van der Waals surface area contributed by atoms with Crippen molar-refractivity contribution in [2.45, 2.75) is 53.0 Å². The van der Waals surface area contributed by atoms with Crippen LogP contribution >= 0.6 is 0 Å². The summed E-state index contributed by atoms with van der Waals surface area (Å²) >= 11 is 0. The summed E-state index contributed by atoms with van der Waals surface area (Å²) in [5, 5.41) is 0. The third kappa shape index (κ3) is 4.52. The van der Waals surface area contributed by atoms with Crippen molar-refractivity contribution in [2.24, 2.45) is 17.1 Å². The Balaban J connectivity index is 2.42. The van der Waals surface area contributed by atoms with Gasteiger partial charge in [0, 0.05) is 12.6 Å². The smallest absolute Gasteiger partial charge is 0.0139 e. The Bertz CT molecular complexity index is 181. The molecule has 1 fully saturated rings. The van der Waals surface area contributed by atoms with E-state index in [4.69, 9.17) is 5.73 Å². The summed E-state index contributed by atoms with van der Waals surface area (Å²) in [7, 11) is 0. The lowest BCUT2D eigenvalue weighted by Crippen LogP contribution is -2.36. The highest BCUT2D eigenvalue weighted by Crippen LogP contribution is 2.34. The lowest BCUT2D eigenvalue weighted by Gasteiger charge is -2.30. The monoisotopic (exact) mass is 212 g/mol. The third-order valence-corrected chi connectivity index (χ3v) is 3.59. The Morgan fingerprint density at radius 2 is 1.93 bits per heavy atom. The van der Waals surface area contributed by atoms with Crippen molar-refractivity contribution in [2.75, 3.05) is 19.6 Å². The molecule has 2 N–H and O–H groups in total. The van der Waals surface area contributed by atoms with Crippen molar-refractivity contribution in [3.63, 3.8) is 0 Å². The quantitative estimate of drug-likeness (QED) is 0.762. The Labute approximate surface area is 95.2 Å². The molecule has 0 aromatic carbocycles. The summed E-state index contributed by atoms with van der Waals surface area (Å²) in [5.41, 5.74) is 6.33. The van der Waals surface area contributed by atoms with Crippen LogP contribution < -0.4 is 5.73 Å². The molecule has 0 bridgehead atoms. The number of rotatable bonds is 2. The second-order valence-electron chi connectivity index (χ2n) is 6.27.